The minimum absolute atomic E-state index is 0.338. The van der Waals surface area contributed by atoms with Gasteiger partial charge in [-0.25, -0.2) is 14.4 Å². The molecule has 0 aliphatic heterocycles. The molecule has 0 amide bonds. The molecule has 0 N–H and O–H groups in total. The molecule has 0 saturated heterocycles. The number of benzene rings is 1. The average molecular weight is 429 g/mol. The van der Waals surface area contributed by atoms with E-state index in [2.05, 4.69) is 37.7 Å². The summed E-state index contributed by atoms with van der Waals surface area (Å²) in [5, 5.41) is 0. The topological polar surface area (TPSA) is 35.0 Å². The maximum atomic E-state index is 14.6. The number of hydrogen-bond acceptors (Lipinski definition) is 3. The van der Waals surface area contributed by atoms with Crippen molar-refractivity contribution in [2.24, 2.45) is 11.8 Å². The molecule has 0 fully saturated rings. The lowest BCUT2D eigenvalue weighted by atomic mass is 9.95. The van der Waals surface area contributed by atoms with Crippen molar-refractivity contribution in [1.29, 1.82) is 0 Å². The van der Waals surface area contributed by atoms with E-state index in [1.54, 1.807) is 6.07 Å². The van der Waals surface area contributed by atoms with Crippen LogP contribution in [0.15, 0.2) is 30.6 Å². The fourth-order valence-electron chi connectivity index (χ4n) is 3.82. The lowest BCUT2D eigenvalue weighted by Crippen LogP contribution is -2.03. The van der Waals surface area contributed by atoms with Gasteiger partial charge in [0.05, 0.1) is 12.2 Å². The second-order valence-corrected chi connectivity index (χ2v) is 9.31. The van der Waals surface area contributed by atoms with Gasteiger partial charge in [0.1, 0.15) is 11.6 Å². The monoisotopic (exact) mass is 428 g/mol. The summed E-state index contributed by atoms with van der Waals surface area (Å²) in [6.45, 7) is 9.66. The van der Waals surface area contributed by atoms with Crippen molar-refractivity contribution in [3.8, 4) is 17.1 Å². The summed E-state index contributed by atoms with van der Waals surface area (Å²) < 4.78 is 20.3. The summed E-state index contributed by atoms with van der Waals surface area (Å²) in [6, 6.07) is 4.97. The number of nitrogens with zero attached hydrogens (tertiary/aromatic N) is 2. The Morgan fingerprint density at radius 3 is 2.29 bits per heavy atom. The Bertz CT molecular complexity index is 745. The fourth-order valence-corrected chi connectivity index (χ4v) is 3.82. The Kier molecular flexibility index (Phi) is 11.6. The summed E-state index contributed by atoms with van der Waals surface area (Å²) in [6.07, 6.45) is 15.6. The van der Waals surface area contributed by atoms with Crippen LogP contribution in [0, 0.1) is 17.7 Å². The molecule has 31 heavy (non-hydrogen) atoms. The number of rotatable bonds is 15. The summed E-state index contributed by atoms with van der Waals surface area (Å²) in [5.41, 5.74) is 1.53. The average Bonchev–Trinajstić information content (AvgIpc) is 2.74. The van der Waals surface area contributed by atoms with E-state index in [-0.39, 0.29) is 5.82 Å². The molecule has 0 aliphatic rings. The second kappa shape index (κ2) is 14.2. The van der Waals surface area contributed by atoms with Crippen LogP contribution in [0.4, 0.5) is 4.39 Å². The second-order valence-electron chi connectivity index (χ2n) is 9.31. The third-order valence-corrected chi connectivity index (χ3v) is 5.72. The van der Waals surface area contributed by atoms with Crippen molar-refractivity contribution >= 4 is 0 Å². The summed E-state index contributed by atoms with van der Waals surface area (Å²) in [7, 11) is 0. The van der Waals surface area contributed by atoms with E-state index in [0.717, 1.165) is 30.7 Å². The first-order valence-corrected chi connectivity index (χ1v) is 12.2. The predicted molar refractivity (Wildman–Crippen MR) is 128 cm³/mol. The summed E-state index contributed by atoms with van der Waals surface area (Å²) in [5.74, 6) is 2.03. The molecule has 1 unspecified atom stereocenters. The maximum absolute atomic E-state index is 14.6. The number of halogens is 1. The van der Waals surface area contributed by atoms with Gasteiger partial charge >= 0.3 is 0 Å². The van der Waals surface area contributed by atoms with Crippen molar-refractivity contribution in [3.05, 3.63) is 42.0 Å². The Hall–Kier alpha value is -1.97. The van der Waals surface area contributed by atoms with Crippen molar-refractivity contribution in [3.63, 3.8) is 0 Å². The van der Waals surface area contributed by atoms with Gasteiger partial charge < -0.3 is 4.74 Å². The third-order valence-electron chi connectivity index (χ3n) is 5.72. The van der Waals surface area contributed by atoms with Gasteiger partial charge in [0.25, 0.3) is 0 Å². The van der Waals surface area contributed by atoms with E-state index in [1.807, 2.05) is 18.5 Å². The Labute approximate surface area is 188 Å². The molecule has 2 aromatic rings. The van der Waals surface area contributed by atoms with Crippen LogP contribution in [0.3, 0.4) is 0 Å². The van der Waals surface area contributed by atoms with Crippen molar-refractivity contribution in [2.75, 3.05) is 6.61 Å². The fraction of sp³-hybridized carbons (Fsp3) is 0.630. The van der Waals surface area contributed by atoms with Crippen LogP contribution in [0.2, 0.25) is 0 Å². The quantitative estimate of drug-likeness (QED) is 0.269. The predicted octanol–water partition coefficient (Wildman–Crippen LogP) is 8.03. The molecule has 0 radical (unpaired) electrons. The van der Waals surface area contributed by atoms with Crippen molar-refractivity contribution < 1.29 is 9.13 Å². The SMILES string of the molecule is CCCCCCCCOc1ccc(-c2ncc(CC(C)CCCC(C)C)cn2)c(F)c1. The van der Waals surface area contributed by atoms with Crippen LogP contribution in [-0.2, 0) is 6.42 Å². The number of aromatic nitrogens is 2. The summed E-state index contributed by atoms with van der Waals surface area (Å²) in [4.78, 5) is 8.84. The molecule has 4 heteroatoms. The van der Waals surface area contributed by atoms with Gasteiger partial charge in [-0.2, -0.15) is 0 Å². The van der Waals surface area contributed by atoms with E-state index in [0.29, 0.717) is 29.7 Å². The molecular formula is C27H41FN2O. The van der Waals surface area contributed by atoms with E-state index in [1.165, 1.54) is 51.0 Å². The van der Waals surface area contributed by atoms with Gasteiger partial charge in [0, 0.05) is 18.5 Å². The van der Waals surface area contributed by atoms with Crippen molar-refractivity contribution in [1.82, 2.24) is 9.97 Å². The van der Waals surface area contributed by atoms with E-state index < -0.39 is 0 Å². The zero-order chi connectivity index (χ0) is 22.5. The minimum atomic E-state index is -0.338. The third kappa shape index (κ3) is 9.80. The lowest BCUT2D eigenvalue weighted by Gasteiger charge is -2.12. The highest BCUT2D eigenvalue weighted by Gasteiger charge is 2.11. The first-order valence-electron chi connectivity index (χ1n) is 12.2. The molecule has 0 bridgehead atoms. The van der Waals surface area contributed by atoms with Crippen LogP contribution in [0.5, 0.6) is 5.75 Å². The maximum Gasteiger partial charge on any atom is 0.162 e. The highest BCUT2D eigenvalue weighted by atomic mass is 19.1. The van der Waals surface area contributed by atoms with Crippen LogP contribution < -0.4 is 4.74 Å². The standard InChI is InChI=1S/C27H41FN2O/c1-5-6-7-8-9-10-16-31-24-14-15-25(26(28)18-24)27-29-19-23(20-30-27)17-22(4)13-11-12-21(2)3/h14-15,18-22H,5-13,16-17H2,1-4H3. The number of ether oxygens (including phenoxy) is 1. The summed E-state index contributed by atoms with van der Waals surface area (Å²) >= 11 is 0. The molecule has 1 aromatic carbocycles. The van der Waals surface area contributed by atoms with E-state index in [9.17, 15) is 4.39 Å². The molecular weight excluding hydrogens is 387 g/mol. The molecule has 0 aliphatic carbocycles. The van der Waals surface area contributed by atoms with E-state index >= 15 is 0 Å². The number of unbranched alkanes of at least 4 members (excludes halogenated alkanes) is 5. The molecule has 0 saturated carbocycles. The molecule has 0 spiro atoms. The normalized spacial score (nSPS) is 12.3. The zero-order valence-corrected chi connectivity index (χ0v) is 20.0. The zero-order valence-electron chi connectivity index (χ0n) is 20.0. The first-order chi connectivity index (χ1) is 15.0. The van der Waals surface area contributed by atoms with Gasteiger partial charge in [0.2, 0.25) is 0 Å². The first kappa shape index (κ1) is 25.3. The largest absolute Gasteiger partial charge is 0.493 e. The molecule has 1 heterocycles. The van der Waals surface area contributed by atoms with Crippen LogP contribution in [0.1, 0.15) is 91.0 Å². The molecule has 1 atom stereocenters. The van der Waals surface area contributed by atoms with Gasteiger partial charge in [-0.05, 0) is 42.4 Å². The van der Waals surface area contributed by atoms with Crippen LogP contribution in [-0.4, -0.2) is 16.6 Å². The Balaban J connectivity index is 1.82. The highest BCUT2D eigenvalue weighted by molar-refractivity contribution is 5.57. The lowest BCUT2D eigenvalue weighted by molar-refractivity contribution is 0.303. The molecule has 3 nitrogen and oxygen atoms in total. The van der Waals surface area contributed by atoms with Crippen LogP contribution in [0.25, 0.3) is 11.4 Å². The Morgan fingerprint density at radius 2 is 1.61 bits per heavy atom. The van der Waals surface area contributed by atoms with Gasteiger partial charge in [0.15, 0.2) is 5.82 Å². The van der Waals surface area contributed by atoms with Gasteiger partial charge in [-0.1, -0.05) is 79.1 Å². The van der Waals surface area contributed by atoms with Crippen LogP contribution >= 0.6 is 0 Å². The Morgan fingerprint density at radius 1 is 0.903 bits per heavy atom. The minimum Gasteiger partial charge on any atom is -0.493 e. The molecule has 172 valence electrons. The van der Waals surface area contributed by atoms with E-state index in [4.69, 9.17) is 4.74 Å². The van der Waals surface area contributed by atoms with Gasteiger partial charge in [-0.3, -0.25) is 0 Å². The smallest absolute Gasteiger partial charge is 0.162 e. The molecule has 1 aromatic heterocycles. The number of hydrogen-bond donors (Lipinski definition) is 0. The highest BCUT2D eigenvalue weighted by Crippen LogP contribution is 2.24. The molecule has 2 rings (SSSR count). The van der Waals surface area contributed by atoms with Crippen molar-refractivity contribution in [2.45, 2.75) is 91.9 Å². The van der Waals surface area contributed by atoms with Gasteiger partial charge in [-0.15, -0.1) is 0 Å².